The monoisotopic (exact) mass is 419 g/mol. The molecule has 0 aliphatic carbocycles. The number of hydrogen-bond donors (Lipinski definition) is 0. The van der Waals surface area contributed by atoms with Gasteiger partial charge in [0.15, 0.2) is 16.4 Å². The molecule has 1 aromatic carbocycles. The van der Waals surface area contributed by atoms with Crippen LogP contribution < -0.4 is 4.74 Å². The number of aryl methyl sites for hydroxylation is 2. The molecule has 0 bridgehead atoms. The number of hydrogen-bond acceptors (Lipinski definition) is 5. The summed E-state index contributed by atoms with van der Waals surface area (Å²) >= 11 is 0. The summed E-state index contributed by atoms with van der Waals surface area (Å²) in [5, 5.41) is 0. The van der Waals surface area contributed by atoms with Crippen LogP contribution in [0.25, 0.3) is 0 Å². The van der Waals surface area contributed by atoms with Crippen molar-refractivity contribution in [2.75, 3.05) is 18.1 Å². The van der Waals surface area contributed by atoms with Gasteiger partial charge in [0.1, 0.15) is 17.3 Å². The second-order valence-electron chi connectivity index (χ2n) is 8.08. The summed E-state index contributed by atoms with van der Waals surface area (Å²) in [6.45, 7) is 8.07. The van der Waals surface area contributed by atoms with E-state index in [1.165, 1.54) is 0 Å². The molecule has 3 rings (SSSR count). The lowest BCUT2D eigenvalue weighted by Gasteiger charge is -2.27. The molecule has 2 heterocycles. The smallest absolute Gasteiger partial charge is 0.261 e. The van der Waals surface area contributed by atoms with Gasteiger partial charge >= 0.3 is 0 Å². The zero-order chi connectivity index (χ0) is 21.2. The number of amides is 1. The molecule has 0 saturated carbocycles. The van der Waals surface area contributed by atoms with Crippen LogP contribution in [0.15, 0.2) is 34.7 Å². The van der Waals surface area contributed by atoms with Gasteiger partial charge in [-0.05, 0) is 55.5 Å². The number of carbonyl (C=O) groups excluding carboxylic acids is 1. The van der Waals surface area contributed by atoms with E-state index in [-0.39, 0.29) is 42.5 Å². The Morgan fingerprint density at radius 1 is 1.24 bits per heavy atom. The van der Waals surface area contributed by atoms with Crippen molar-refractivity contribution in [2.24, 2.45) is 0 Å². The molecule has 0 unspecified atom stereocenters. The maximum Gasteiger partial charge on any atom is 0.261 e. The first-order valence-electron chi connectivity index (χ1n) is 9.93. The van der Waals surface area contributed by atoms with Crippen molar-refractivity contribution in [1.82, 2.24) is 4.90 Å². The summed E-state index contributed by atoms with van der Waals surface area (Å²) in [6.07, 6.45) is 0.440. The van der Waals surface area contributed by atoms with Gasteiger partial charge < -0.3 is 14.1 Å². The Bertz CT molecular complexity index is 977. The first-order valence-corrected chi connectivity index (χ1v) is 11.8. The average molecular weight is 420 g/mol. The normalized spacial score (nSPS) is 18.2. The highest BCUT2D eigenvalue weighted by molar-refractivity contribution is 7.91. The number of carbonyl (C=O) groups is 1. The molecular formula is C22H29NO5S. The van der Waals surface area contributed by atoms with Crippen molar-refractivity contribution in [3.05, 3.63) is 53.0 Å². The van der Waals surface area contributed by atoms with Crippen molar-refractivity contribution in [1.29, 1.82) is 0 Å². The van der Waals surface area contributed by atoms with Crippen molar-refractivity contribution >= 4 is 15.7 Å². The number of ether oxygens (including phenoxy) is 1. The van der Waals surface area contributed by atoms with Crippen LogP contribution >= 0.6 is 0 Å². The van der Waals surface area contributed by atoms with Crippen LogP contribution in [0.2, 0.25) is 0 Å². The fourth-order valence-corrected chi connectivity index (χ4v) is 5.38. The van der Waals surface area contributed by atoms with Crippen LogP contribution in [-0.4, -0.2) is 43.4 Å². The lowest BCUT2D eigenvalue weighted by Crippen LogP contribution is -2.43. The van der Waals surface area contributed by atoms with E-state index < -0.39 is 9.84 Å². The molecule has 1 aliphatic rings. The van der Waals surface area contributed by atoms with Gasteiger partial charge in [-0.1, -0.05) is 26.0 Å². The Labute approximate surface area is 172 Å². The summed E-state index contributed by atoms with van der Waals surface area (Å²) in [7, 11) is -3.12. The predicted octanol–water partition coefficient (Wildman–Crippen LogP) is 3.61. The van der Waals surface area contributed by atoms with Gasteiger partial charge in [-0.2, -0.15) is 0 Å². The van der Waals surface area contributed by atoms with Crippen molar-refractivity contribution in [3.63, 3.8) is 0 Å². The maximum atomic E-state index is 13.1. The minimum Gasteiger partial charge on any atom is -0.483 e. The fraction of sp³-hybridized carbons (Fsp3) is 0.500. The molecule has 0 spiro atoms. The SMILES string of the molecule is Cc1ccc(C(C)C)c(OCC(=O)N(Cc2ccc(C)o2)[C@@H]2CCS(=O)(=O)C2)c1. The lowest BCUT2D eigenvalue weighted by atomic mass is 10.0. The highest BCUT2D eigenvalue weighted by Gasteiger charge is 2.35. The van der Waals surface area contributed by atoms with Gasteiger partial charge in [0.25, 0.3) is 5.91 Å². The average Bonchev–Trinajstić information content (AvgIpc) is 3.22. The Morgan fingerprint density at radius 2 is 2.00 bits per heavy atom. The van der Waals surface area contributed by atoms with Crippen LogP contribution in [0.4, 0.5) is 0 Å². The molecule has 1 aromatic heterocycles. The Morgan fingerprint density at radius 3 is 2.59 bits per heavy atom. The summed E-state index contributed by atoms with van der Waals surface area (Å²) < 4.78 is 35.5. The van der Waals surface area contributed by atoms with Crippen LogP contribution in [0, 0.1) is 13.8 Å². The molecule has 1 atom stereocenters. The van der Waals surface area contributed by atoms with Crippen molar-refractivity contribution in [2.45, 2.75) is 52.6 Å². The van der Waals surface area contributed by atoms with Gasteiger partial charge in [-0.3, -0.25) is 4.79 Å². The summed E-state index contributed by atoms with van der Waals surface area (Å²) in [4.78, 5) is 14.6. The van der Waals surface area contributed by atoms with E-state index in [4.69, 9.17) is 9.15 Å². The predicted molar refractivity (Wildman–Crippen MR) is 112 cm³/mol. The molecule has 0 N–H and O–H groups in total. The lowest BCUT2D eigenvalue weighted by molar-refractivity contribution is -0.136. The number of furan rings is 1. The standard InChI is InChI=1S/C22H29NO5S/c1-15(2)20-8-5-16(3)11-21(20)27-13-22(24)23(12-19-7-6-17(4)28-19)18-9-10-29(25,26)14-18/h5-8,11,15,18H,9-10,12-14H2,1-4H3/t18-/m1/s1. The van der Waals surface area contributed by atoms with Gasteiger partial charge in [0.2, 0.25) is 0 Å². The summed E-state index contributed by atoms with van der Waals surface area (Å²) in [5.41, 5.74) is 2.10. The van der Waals surface area contributed by atoms with E-state index in [0.29, 0.717) is 17.9 Å². The molecule has 29 heavy (non-hydrogen) atoms. The largest absolute Gasteiger partial charge is 0.483 e. The van der Waals surface area contributed by atoms with Crippen LogP contribution in [0.1, 0.15) is 48.8 Å². The van der Waals surface area contributed by atoms with E-state index in [1.807, 2.05) is 44.2 Å². The molecule has 1 amide bonds. The second kappa shape index (κ2) is 8.61. The molecular weight excluding hydrogens is 390 g/mol. The van der Waals surface area contributed by atoms with Crippen molar-refractivity contribution < 1.29 is 22.4 Å². The minimum atomic E-state index is -3.12. The highest BCUT2D eigenvalue weighted by atomic mass is 32.2. The molecule has 1 saturated heterocycles. The van der Waals surface area contributed by atoms with Crippen LogP contribution in [0.3, 0.4) is 0 Å². The number of benzene rings is 1. The van der Waals surface area contributed by atoms with Crippen molar-refractivity contribution in [3.8, 4) is 5.75 Å². The Hall–Kier alpha value is -2.28. The van der Waals surface area contributed by atoms with Crippen LogP contribution in [-0.2, 0) is 21.2 Å². The second-order valence-corrected chi connectivity index (χ2v) is 10.3. The molecule has 0 radical (unpaired) electrons. The van der Waals surface area contributed by atoms with E-state index in [9.17, 15) is 13.2 Å². The fourth-order valence-electron chi connectivity index (χ4n) is 3.65. The molecule has 7 heteroatoms. The van der Waals surface area contributed by atoms with Gasteiger partial charge in [0.05, 0.1) is 18.1 Å². The zero-order valence-electron chi connectivity index (χ0n) is 17.5. The first-order chi connectivity index (χ1) is 13.6. The van der Waals surface area contributed by atoms with E-state index in [0.717, 1.165) is 16.9 Å². The highest BCUT2D eigenvalue weighted by Crippen LogP contribution is 2.28. The Balaban J connectivity index is 1.77. The minimum absolute atomic E-state index is 0.0138. The number of rotatable bonds is 7. The zero-order valence-corrected chi connectivity index (χ0v) is 18.3. The number of sulfone groups is 1. The maximum absolute atomic E-state index is 13.1. The van der Waals surface area contributed by atoms with E-state index >= 15 is 0 Å². The van der Waals surface area contributed by atoms with Gasteiger partial charge in [-0.25, -0.2) is 8.42 Å². The third kappa shape index (κ3) is 5.41. The molecule has 1 aliphatic heterocycles. The Kier molecular flexibility index (Phi) is 6.36. The van der Waals surface area contributed by atoms with Crippen LogP contribution in [0.5, 0.6) is 5.75 Å². The van der Waals surface area contributed by atoms with Gasteiger partial charge in [-0.15, -0.1) is 0 Å². The summed E-state index contributed by atoms with van der Waals surface area (Å²) in [5.74, 6) is 2.21. The molecule has 1 fully saturated rings. The quantitative estimate of drug-likeness (QED) is 0.685. The molecule has 2 aromatic rings. The van der Waals surface area contributed by atoms with Gasteiger partial charge in [0, 0.05) is 6.04 Å². The third-order valence-electron chi connectivity index (χ3n) is 5.23. The molecule has 158 valence electrons. The number of nitrogens with zero attached hydrogens (tertiary/aromatic N) is 1. The summed E-state index contributed by atoms with van der Waals surface area (Å²) in [6, 6.07) is 9.27. The third-order valence-corrected chi connectivity index (χ3v) is 6.98. The molecule has 6 nitrogen and oxygen atoms in total. The first kappa shape index (κ1) is 21.4. The van der Waals surface area contributed by atoms with E-state index in [1.54, 1.807) is 4.90 Å². The topological polar surface area (TPSA) is 76.8 Å². The van der Waals surface area contributed by atoms with E-state index in [2.05, 4.69) is 13.8 Å².